The number of likely N-dealkylation sites (N-methyl/N-ethyl adjacent to an activating group) is 1. The van der Waals surface area contributed by atoms with Gasteiger partial charge in [-0.05, 0) is 17.7 Å². The first-order valence-electron chi connectivity index (χ1n) is 5.97. The van der Waals surface area contributed by atoms with E-state index in [9.17, 15) is 9.90 Å². The number of nitrogens with one attached hydrogen (secondary N) is 1. The van der Waals surface area contributed by atoms with Crippen LogP contribution in [0.25, 0.3) is 0 Å². The molecule has 0 unspecified atom stereocenters. The Kier molecular flexibility index (Phi) is 4.37. The fraction of sp³-hybridized carbons (Fsp3) is 0.462. The van der Waals surface area contributed by atoms with Crippen LogP contribution in [0.15, 0.2) is 28.7 Å². The van der Waals surface area contributed by atoms with Crippen LogP contribution in [0.1, 0.15) is 5.56 Å². The summed E-state index contributed by atoms with van der Waals surface area (Å²) in [6, 6.07) is 7.59. The van der Waals surface area contributed by atoms with Crippen LogP contribution in [0.4, 0.5) is 0 Å². The van der Waals surface area contributed by atoms with Crippen molar-refractivity contribution < 1.29 is 9.90 Å². The van der Waals surface area contributed by atoms with Crippen LogP contribution in [0, 0.1) is 0 Å². The number of aliphatic hydroxyl groups excluding tert-OH is 1. The minimum Gasteiger partial charge on any atom is -0.390 e. The minimum absolute atomic E-state index is 0.0325. The van der Waals surface area contributed by atoms with Crippen molar-refractivity contribution in [2.75, 3.05) is 20.1 Å². The van der Waals surface area contributed by atoms with Crippen LogP contribution >= 0.6 is 15.9 Å². The largest absolute Gasteiger partial charge is 0.390 e. The Hall–Kier alpha value is -0.910. The van der Waals surface area contributed by atoms with Gasteiger partial charge < -0.3 is 15.3 Å². The van der Waals surface area contributed by atoms with Crippen molar-refractivity contribution in [3.05, 3.63) is 34.3 Å². The molecule has 1 aromatic carbocycles. The zero-order valence-electron chi connectivity index (χ0n) is 10.3. The molecule has 1 fully saturated rings. The summed E-state index contributed by atoms with van der Waals surface area (Å²) < 4.78 is 1.00. The Balaban J connectivity index is 1.97. The van der Waals surface area contributed by atoms with Crippen LogP contribution in [0.2, 0.25) is 0 Å². The average Bonchev–Trinajstić information content (AvgIpc) is 2.77. The normalized spacial score (nSPS) is 23.1. The zero-order valence-corrected chi connectivity index (χ0v) is 11.9. The highest BCUT2D eigenvalue weighted by molar-refractivity contribution is 9.10. The third-order valence-corrected chi connectivity index (χ3v) is 3.84. The number of benzene rings is 1. The molecule has 0 saturated carbocycles. The summed E-state index contributed by atoms with van der Waals surface area (Å²) in [5.41, 5.74) is 0.982. The molecule has 5 heteroatoms. The van der Waals surface area contributed by atoms with Crippen molar-refractivity contribution in [3.8, 4) is 0 Å². The Labute approximate surface area is 115 Å². The Morgan fingerprint density at radius 2 is 2.11 bits per heavy atom. The van der Waals surface area contributed by atoms with E-state index < -0.39 is 6.10 Å². The van der Waals surface area contributed by atoms with Gasteiger partial charge in [-0.15, -0.1) is 0 Å². The highest BCUT2D eigenvalue weighted by Gasteiger charge is 2.30. The molecule has 98 valence electrons. The molecule has 0 aromatic heterocycles. The van der Waals surface area contributed by atoms with E-state index >= 15 is 0 Å². The lowest BCUT2D eigenvalue weighted by molar-refractivity contribution is -0.132. The van der Waals surface area contributed by atoms with Crippen LogP contribution in [0.3, 0.4) is 0 Å². The fourth-order valence-electron chi connectivity index (χ4n) is 2.13. The molecule has 2 atom stereocenters. The van der Waals surface area contributed by atoms with Crippen molar-refractivity contribution in [3.63, 3.8) is 0 Å². The lowest BCUT2D eigenvalue weighted by Gasteiger charge is -2.26. The smallest absolute Gasteiger partial charge is 0.227 e. The van der Waals surface area contributed by atoms with E-state index in [1.165, 1.54) is 0 Å². The predicted octanol–water partition coefficient (Wildman–Crippen LogP) is 0.783. The minimum atomic E-state index is -0.469. The maximum Gasteiger partial charge on any atom is 0.227 e. The van der Waals surface area contributed by atoms with Gasteiger partial charge in [-0.2, -0.15) is 0 Å². The summed E-state index contributed by atoms with van der Waals surface area (Å²) in [5.74, 6) is 0.0325. The molecule has 0 spiro atoms. The van der Waals surface area contributed by atoms with Crippen molar-refractivity contribution in [2.24, 2.45) is 0 Å². The lowest BCUT2D eigenvalue weighted by Crippen LogP contribution is -2.44. The average molecular weight is 313 g/mol. The van der Waals surface area contributed by atoms with Gasteiger partial charge >= 0.3 is 0 Å². The summed E-state index contributed by atoms with van der Waals surface area (Å²) >= 11 is 3.37. The van der Waals surface area contributed by atoms with Crippen LogP contribution < -0.4 is 5.32 Å². The van der Waals surface area contributed by atoms with E-state index in [1.807, 2.05) is 24.3 Å². The molecule has 1 aliphatic rings. The Morgan fingerprint density at radius 1 is 1.44 bits per heavy atom. The van der Waals surface area contributed by atoms with Crippen LogP contribution in [-0.4, -0.2) is 48.2 Å². The van der Waals surface area contributed by atoms with Crippen molar-refractivity contribution >= 4 is 21.8 Å². The van der Waals surface area contributed by atoms with Gasteiger partial charge in [-0.3, -0.25) is 4.79 Å². The van der Waals surface area contributed by atoms with Crippen molar-refractivity contribution in [1.29, 1.82) is 0 Å². The van der Waals surface area contributed by atoms with E-state index in [2.05, 4.69) is 21.2 Å². The second kappa shape index (κ2) is 5.82. The number of β-amino-alcohol motifs (C(OH)–C–C–N with tert-alkyl or cyclic N) is 1. The third-order valence-electron chi connectivity index (χ3n) is 3.31. The zero-order chi connectivity index (χ0) is 13.1. The molecule has 1 heterocycles. The molecule has 1 saturated heterocycles. The molecule has 0 aliphatic carbocycles. The fourth-order valence-corrected chi connectivity index (χ4v) is 2.40. The first-order chi connectivity index (χ1) is 8.58. The monoisotopic (exact) mass is 312 g/mol. The molecule has 0 radical (unpaired) electrons. The van der Waals surface area contributed by atoms with Gasteiger partial charge in [0.15, 0.2) is 0 Å². The summed E-state index contributed by atoms with van der Waals surface area (Å²) in [4.78, 5) is 13.8. The van der Waals surface area contributed by atoms with Crippen LogP contribution in [0.5, 0.6) is 0 Å². The quantitative estimate of drug-likeness (QED) is 0.867. The van der Waals surface area contributed by atoms with E-state index in [4.69, 9.17) is 0 Å². The van der Waals surface area contributed by atoms with Gasteiger partial charge in [-0.1, -0.05) is 28.1 Å². The molecule has 1 aliphatic heterocycles. The van der Waals surface area contributed by atoms with E-state index in [0.29, 0.717) is 19.5 Å². The lowest BCUT2D eigenvalue weighted by atomic mass is 10.1. The van der Waals surface area contributed by atoms with Crippen LogP contribution in [-0.2, 0) is 11.2 Å². The molecule has 1 amide bonds. The summed E-state index contributed by atoms with van der Waals surface area (Å²) in [6.07, 6.45) is -0.101. The SMILES string of the molecule is CN(C(=O)Cc1ccc(Br)cc1)[C@H]1CNC[C@@H]1O. The first kappa shape index (κ1) is 13.5. The maximum absolute atomic E-state index is 12.1. The van der Waals surface area contributed by atoms with Gasteiger partial charge in [-0.25, -0.2) is 0 Å². The van der Waals surface area contributed by atoms with Gasteiger partial charge in [0, 0.05) is 24.6 Å². The van der Waals surface area contributed by atoms with Gasteiger partial charge in [0.05, 0.1) is 18.6 Å². The molecule has 4 nitrogen and oxygen atoms in total. The first-order valence-corrected chi connectivity index (χ1v) is 6.76. The summed E-state index contributed by atoms with van der Waals surface area (Å²) in [5, 5.41) is 12.8. The number of hydrogen-bond donors (Lipinski definition) is 2. The van der Waals surface area contributed by atoms with E-state index in [-0.39, 0.29) is 11.9 Å². The second-order valence-electron chi connectivity index (χ2n) is 4.60. The molecule has 0 bridgehead atoms. The summed E-state index contributed by atoms with van der Waals surface area (Å²) in [6.45, 7) is 1.21. The Bertz CT molecular complexity index is 422. The van der Waals surface area contributed by atoms with Gasteiger partial charge in [0.2, 0.25) is 5.91 Å². The Morgan fingerprint density at radius 3 is 2.67 bits per heavy atom. The van der Waals surface area contributed by atoms with E-state index in [0.717, 1.165) is 10.0 Å². The number of halogens is 1. The van der Waals surface area contributed by atoms with E-state index in [1.54, 1.807) is 11.9 Å². The molecular weight excluding hydrogens is 296 g/mol. The standard InChI is InChI=1S/C13H17BrN2O2/c1-16(11-7-15-8-12(11)17)13(18)6-9-2-4-10(14)5-3-9/h2-5,11-12,15,17H,6-8H2,1H3/t11-,12-/m0/s1. The highest BCUT2D eigenvalue weighted by atomic mass is 79.9. The molecule has 2 N–H and O–H groups in total. The number of hydrogen-bond acceptors (Lipinski definition) is 3. The molecular formula is C13H17BrN2O2. The molecule has 18 heavy (non-hydrogen) atoms. The number of carbonyl (C=O) groups is 1. The van der Waals surface area contributed by atoms with Crippen molar-refractivity contribution in [2.45, 2.75) is 18.6 Å². The maximum atomic E-state index is 12.1. The summed E-state index contributed by atoms with van der Waals surface area (Å²) in [7, 11) is 1.75. The number of aliphatic hydroxyl groups is 1. The van der Waals surface area contributed by atoms with Crippen molar-refractivity contribution in [1.82, 2.24) is 10.2 Å². The predicted molar refractivity (Wildman–Crippen MR) is 73.3 cm³/mol. The molecule has 2 rings (SSSR count). The van der Waals surface area contributed by atoms with Gasteiger partial charge in [0.25, 0.3) is 0 Å². The number of carbonyl (C=O) groups excluding carboxylic acids is 1. The number of amides is 1. The highest BCUT2D eigenvalue weighted by Crippen LogP contribution is 2.13. The number of nitrogens with zero attached hydrogens (tertiary/aromatic N) is 1. The van der Waals surface area contributed by atoms with Gasteiger partial charge in [0.1, 0.15) is 0 Å². The third kappa shape index (κ3) is 3.10. The second-order valence-corrected chi connectivity index (χ2v) is 5.52. The molecule has 1 aromatic rings. The topological polar surface area (TPSA) is 52.6 Å². The number of rotatable bonds is 3.